The maximum atomic E-state index is 3.76. The molecule has 0 saturated carbocycles. The Labute approximate surface area is 180 Å². The zero-order valence-corrected chi connectivity index (χ0v) is 19.0. The minimum Gasteiger partial charge on any atom is -0.337 e. The van der Waals surface area contributed by atoms with E-state index in [1.165, 1.54) is 64.0 Å². The molecule has 0 N–H and O–H groups in total. The van der Waals surface area contributed by atoms with Gasteiger partial charge in [-0.05, 0) is 60.8 Å². The maximum Gasteiger partial charge on any atom is 1.00 e. The molecule has 148 valence electrons. The van der Waals surface area contributed by atoms with Gasteiger partial charge in [-0.2, -0.15) is 0 Å². The van der Waals surface area contributed by atoms with Crippen molar-refractivity contribution in [3.63, 3.8) is 0 Å². The molecule has 0 aliphatic carbocycles. The van der Waals surface area contributed by atoms with Crippen molar-refractivity contribution in [3.8, 4) is 0 Å². The van der Waals surface area contributed by atoms with Gasteiger partial charge in [0.1, 0.15) is 0 Å². The van der Waals surface area contributed by atoms with Crippen LogP contribution in [-0.4, -0.2) is 24.0 Å². The van der Waals surface area contributed by atoms with Crippen LogP contribution in [0.5, 0.6) is 0 Å². The van der Waals surface area contributed by atoms with E-state index in [4.69, 9.17) is 0 Å². The Hall–Kier alpha value is -1.35. The van der Waals surface area contributed by atoms with Crippen molar-refractivity contribution in [2.24, 2.45) is 0 Å². The standard InChI is InChI=1S/C24H32N2.Ag/c1-17-12-19(3)23(20(4)13-17)25-10-8-7-9-11-26(16-25)24-21(5)14-18(2)15-22(24)6;/h12-15H,7-11H2,1-6H3;/q;+1. The summed E-state index contributed by atoms with van der Waals surface area (Å²) in [7, 11) is 0. The maximum absolute atomic E-state index is 3.76. The second-order valence-electron chi connectivity index (χ2n) is 7.96. The molecular formula is C24H32AgN2+. The normalized spacial score (nSPS) is 14.9. The Balaban J connectivity index is 0.00000261. The topological polar surface area (TPSA) is 6.25 Å². The summed E-state index contributed by atoms with van der Waals surface area (Å²) in [5, 5.41) is 0. The second-order valence-corrected chi connectivity index (χ2v) is 7.96. The Kier molecular flexibility index (Phi) is 7.50. The first kappa shape index (κ1) is 21.9. The van der Waals surface area contributed by atoms with E-state index in [0.29, 0.717) is 0 Å². The van der Waals surface area contributed by atoms with E-state index >= 15 is 0 Å². The number of nitrogens with zero attached hydrogens (tertiary/aromatic N) is 2. The van der Waals surface area contributed by atoms with Crippen molar-refractivity contribution >= 4 is 17.7 Å². The SMILES string of the molecule is Cc1cc(C)c(N2[C-]=[N+](c3c(C)cc(C)cc3C)CCCCC2)c(C)c1.[Ag+]. The van der Waals surface area contributed by atoms with E-state index in [1.807, 2.05) is 0 Å². The molecule has 0 bridgehead atoms. The summed E-state index contributed by atoms with van der Waals surface area (Å²) in [6.45, 7) is 15.3. The third-order valence-corrected chi connectivity index (χ3v) is 5.32. The van der Waals surface area contributed by atoms with Gasteiger partial charge in [0, 0.05) is 11.4 Å². The second kappa shape index (κ2) is 9.23. The van der Waals surface area contributed by atoms with Gasteiger partial charge in [-0.1, -0.05) is 57.6 Å². The molecule has 0 unspecified atom stereocenters. The van der Waals surface area contributed by atoms with Crippen LogP contribution in [0.25, 0.3) is 0 Å². The summed E-state index contributed by atoms with van der Waals surface area (Å²) in [6.07, 6.45) is 7.47. The molecule has 0 radical (unpaired) electrons. The first-order valence-electron chi connectivity index (χ1n) is 9.84. The zero-order valence-electron chi connectivity index (χ0n) is 17.5. The number of rotatable bonds is 2. The van der Waals surface area contributed by atoms with Crippen LogP contribution in [0, 0.1) is 41.5 Å². The van der Waals surface area contributed by atoms with E-state index in [2.05, 4.69) is 81.6 Å². The predicted molar refractivity (Wildman–Crippen MR) is 112 cm³/mol. The van der Waals surface area contributed by atoms with Gasteiger partial charge in [-0.3, -0.25) is 0 Å². The van der Waals surface area contributed by atoms with E-state index < -0.39 is 0 Å². The first-order valence-corrected chi connectivity index (χ1v) is 9.84. The summed E-state index contributed by atoms with van der Waals surface area (Å²) < 4.78 is 2.36. The van der Waals surface area contributed by atoms with E-state index in [0.717, 1.165) is 13.1 Å². The van der Waals surface area contributed by atoms with Gasteiger partial charge in [0.25, 0.3) is 0 Å². The minimum atomic E-state index is 0. The number of benzene rings is 2. The Morgan fingerprint density at radius 2 is 1.26 bits per heavy atom. The molecule has 1 aliphatic rings. The molecule has 0 saturated heterocycles. The summed E-state index contributed by atoms with van der Waals surface area (Å²) in [4.78, 5) is 2.36. The summed E-state index contributed by atoms with van der Waals surface area (Å²) in [6, 6.07) is 9.15. The third-order valence-electron chi connectivity index (χ3n) is 5.32. The molecule has 0 aromatic heterocycles. The average Bonchev–Trinajstić information content (AvgIpc) is 2.48. The van der Waals surface area contributed by atoms with Gasteiger partial charge in [0.2, 0.25) is 6.34 Å². The van der Waals surface area contributed by atoms with E-state index in [9.17, 15) is 0 Å². The van der Waals surface area contributed by atoms with Gasteiger partial charge in [-0.15, -0.1) is 0 Å². The van der Waals surface area contributed by atoms with E-state index in [1.54, 1.807) is 0 Å². The monoisotopic (exact) mass is 455 g/mol. The van der Waals surface area contributed by atoms with Gasteiger partial charge < -0.3 is 9.48 Å². The molecule has 3 heteroatoms. The quantitative estimate of drug-likeness (QED) is 0.316. The van der Waals surface area contributed by atoms with Gasteiger partial charge in [0.15, 0.2) is 0 Å². The molecule has 0 amide bonds. The molecule has 0 spiro atoms. The minimum absolute atomic E-state index is 0. The Morgan fingerprint density at radius 1 is 0.741 bits per heavy atom. The number of anilines is 1. The van der Waals surface area contributed by atoms with Crippen molar-refractivity contribution in [3.05, 3.63) is 57.6 Å². The molecule has 0 fully saturated rings. The van der Waals surface area contributed by atoms with Gasteiger partial charge >= 0.3 is 22.4 Å². The van der Waals surface area contributed by atoms with Crippen molar-refractivity contribution in [1.82, 2.24) is 0 Å². The Morgan fingerprint density at radius 3 is 1.81 bits per heavy atom. The Bertz CT molecular complexity index is 805. The molecule has 1 aliphatic heterocycles. The van der Waals surface area contributed by atoms with Crippen LogP contribution in [0.4, 0.5) is 11.4 Å². The fourth-order valence-electron chi connectivity index (χ4n) is 4.48. The fraction of sp³-hybridized carbons (Fsp3) is 0.458. The van der Waals surface area contributed by atoms with Gasteiger partial charge in [0.05, 0.1) is 13.1 Å². The van der Waals surface area contributed by atoms with Crippen LogP contribution in [-0.2, 0) is 22.4 Å². The molecule has 27 heavy (non-hydrogen) atoms. The van der Waals surface area contributed by atoms with Crippen molar-refractivity contribution in [2.75, 3.05) is 18.0 Å². The number of hydrogen-bond acceptors (Lipinski definition) is 1. The zero-order chi connectivity index (χ0) is 18.8. The van der Waals surface area contributed by atoms with E-state index in [-0.39, 0.29) is 22.4 Å². The van der Waals surface area contributed by atoms with Crippen LogP contribution in [0.3, 0.4) is 0 Å². The van der Waals surface area contributed by atoms with Crippen LogP contribution in [0.2, 0.25) is 0 Å². The van der Waals surface area contributed by atoms with Crippen molar-refractivity contribution < 1.29 is 27.0 Å². The molecule has 0 atom stereocenters. The molecule has 2 nitrogen and oxygen atoms in total. The van der Waals surface area contributed by atoms with Crippen LogP contribution in [0.1, 0.15) is 52.6 Å². The van der Waals surface area contributed by atoms with Gasteiger partial charge in [-0.25, -0.2) is 0 Å². The third kappa shape index (κ3) is 4.93. The molecule has 2 aromatic carbocycles. The number of hydrogen-bond donors (Lipinski definition) is 0. The van der Waals surface area contributed by atoms with Crippen molar-refractivity contribution in [2.45, 2.75) is 60.8 Å². The number of aryl methyl sites for hydroxylation is 6. The largest absolute Gasteiger partial charge is 1.00 e. The fourth-order valence-corrected chi connectivity index (χ4v) is 4.48. The molecule has 1 heterocycles. The molecular weight excluding hydrogens is 424 g/mol. The van der Waals surface area contributed by atoms with Crippen molar-refractivity contribution in [1.29, 1.82) is 0 Å². The smallest absolute Gasteiger partial charge is 0.337 e. The molecule has 2 aromatic rings. The summed E-state index contributed by atoms with van der Waals surface area (Å²) >= 11 is 0. The first-order chi connectivity index (χ1) is 12.4. The average molecular weight is 456 g/mol. The van der Waals surface area contributed by atoms with Crippen LogP contribution in [0.15, 0.2) is 24.3 Å². The molecule has 3 rings (SSSR count). The van der Waals surface area contributed by atoms with Crippen LogP contribution >= 0.6 is 0 Å². The predicted octanol–water partition coefficient (Wildman–Crippen LogP) is 5.77. The summed E-state index contributed by atoms with van der Waals surface area (Å²) in [5.74, 6) is 0. The summed E-state index contributed by atoms with van der Waals surface area (Å²) in [5.41, 5.74) is 10.7. The van der Waals surface area contributed by atoms with Crippen LogP contribution < -0.4 is 4.90 Å².